The lowest BCUT2D eigenvalue weighted by Gasteiger charge is -2.07. The second-order valence-electron chi connectivity index (χ2n) is 4.23. The molecule has 0 aromatic rings. The highest BCUT2D eigenvalue weighted by molar-refractivity contribution is 7.89. The van der Waals surface area contributed by atoms with Gasteiger partial charge in [-0.2, -0.15) is 0 Å². The van der Waals surface area contributed by atoms with Crippen molar-refractivity contribution in [2.75, 3.05) is 52.3 Å². The Kier molecular flexibility index (Phi) is 12.7. The second kappa shape index (κ2) is 12.8. The summed E-state index contributed by atoms with van der Waals surface area (Å²) in [5, 5.41) is 3.17. The van der Waals surface area contributed by atoms with Gasteiger partial charge >= 0.3 is 0 Å². The average molecular weight is 296 g/mol. The maximum Gasteiger partial charge on any atom is 0.211 e. The predicted molar refractivity (Wildman–Crippen MR) is 76.9 cm³/mol. The summed E-state index contributed by atoms with van der Waals surface area (Å²) < 4.78 is 35.9. The molecule has 0 spiro atoms. The molecule has 0 aromatic heterocycles. The van der Waals surface area contributed by atoms with E-state index in [2.05, 4.69) is 10.0 Å². The van der Waals surface area contributed by atoms with Gasteiger partial charge in [0.15, 0.2) is 0 Å². The van der Waals surface area contributed by atoms with Crippen LogP contribution < -0.4 is 10.0 Å². The fraction of sp³-hybridized carbons (Fsp3) is 1.00. The van der Waals surface area contributed by atoms with Crippen molar-refractivity contribution in [3.05, 3.63) is 0 Å². The minimum Gasteiger partial charge on any atom is -0.382 e. The normalized spacial score (nSPS) is 11.9. The lowest BCUT2D eigenvalue weighted by molar-refractivity contribution is 0.0699. The SMILES string of the molecule is CCNCCCCS(=O)(=O)NCCCOCCOC. The van der Waals surface area contributed by atoms with Crippen LogP contribution in [0.25, 0.3) is 0 Å². The van der Waals surface area contributed by atoms with Crippen molar-refractivity contribution in [2.24, 2.45) is 0 Å². The summed E-state index contributed by atoms with van der Waals surface area (Å²) in [4.78, 5) is 0. The zero-order valence-corrected chi connectivity index (χ0v) is 12.9. The Labute approximate surface area is 117 Å². The van der Waals surface area contributed by atoms with Crippen molar-refractivity contribution in [3.63, 3.8) is 0 Å². The molecule has 0 amide bonds. The Morgan fingerprint density at radius 2 is 1.79 bits per heavy atom. The highest BCUT2D eigenvalue weighted by Crippen LogP contribution is 1.94. The fourth-order valence-corrected chi connectivity index (χ4v) is 2.62. The minimum atomic E-state index is -3.12. The molecule has 0 saturated heterocycles. The van der Waals surface area contributed by atoms with E-state index in [-0.39, 0.29) is 5.75 Å². The molecular formula is C12H28N2O4S. The standard InChI is InChI=1S/C12H28N2O4S/c1-3-13-7-4-5-12-19(15,16)14-8-6-9-18-11-10-17-2/h13-14H,3-12H2,1-2H3. The van der Waals surface area contributed by atoms with Gasteiger partial charge in [-0.05, 0) is 32.4 Å². The summed E-state index contributed by atoms with van der Waals surface area (Å²) in [5.41, 5.74) is 0. The van der Waals surface area contributed by atoms with Crippen molar-refractivity contribution < 1.29 is 17.9 Å². The van der Waals surface area contributed by atoms with Crippen LogP contribution in [0.2, 0.25) is 0 Å². The van der Waals surface area contributed by atoms with Crippen LogP contribution in [0.1, 0.15) is 26.2 Å². The van der Waals surface area contributed by atoms with Crippen LogP contribution in [0.15, 0.2) is 0 Å². The van der Waals surface area contributed by atoms with E-state index in [1.54, 1.807) is 7.11 Å². The van der Waals surface area contributed by atoms with Gasteiger partial charge in [-0.3, -0.25) is 0 Å². The van der Waals surface area contributed by atoms with E-state index in [0.29, 0.717) is 39.2 Å². The molecule has 0 heterocycles. The molecular weight excluding hydrogens is 268 g/mol. The van der Waals surface area contributed by atoms with Crippen LogP contribution in [0.3, 0.4) is 0 Å². The van der Waals surface area contributed by atoms with Gasteiger partial charge in [0.2, 0.25) is 10.0 Å². The maximum absolute atomic E-state index is 11.6. The van der Waals surface area contributed by atoms with E-state index in [0.717, 1.165) is 19.5 Å². The summed E-state index contributed by atoms with van der Waals surface area (Å²) in [6.45, 7) is 5.93. The molecule has 0 saturated carbocycles. The smallest absolute Gasteiger partial charge is 0.211 e. The highest BCUT2D eigenvalue weighted by atomic mass is 32.2. The zero-order chi connectivity index (χ0) is 14.4. The molecule has 6 nitrogen and oxygen atoms in total. The van der Waals surface area contributed by atoms with E-state index >= 15 is 0 Å². The summed E-state index contributed by atoms with van der Waals surface area (Å²) >= 11 is 0. The molecule has 116 valence electrons. The number of hydrogen-bond donors (Lipinski definition) is 2. The summed E-state index contributed by atoms with van der Waals surface area (Å²) in [6.07, 6.45) is 2.25. The molecule has 0 atom stereocenters. The molecule has 0 aliphatic rings. The molecule has 7 heteroatoms. The van der Waals surface area contributed by atoms with Gasteiger partial charge in [0.1, 0.15) is 0 Å². The zero-order valence-electron chi connectivity index (χ0n) is 12.1. The van der Waals surface area contributed by atoms with E-state index in [9.17, 15) is 8.42 Å². The number of rotatable bonds is 14. The van der Waals surface area contributed by atoms with Crippen molar-refractivity contribution in [1.82, 2.24) is 10.0 Å². The van der Waals surface area contributed by atoms with Gasteiger partial charge < -0.3 is 14.8 Å². The first kappa shape index (κ1) is 18.8. The third-order valence-electron chi connectivity index (χ3n) is 2.49. The van der Waals surface area contributed by atoms with Gasteiger partial charge in [-0.1, -0.05) is 6.92 Å². The number of ether oxygens (including phenoxy) is 2. The predicted octanol–water partition coefficient (Wildman–Crippen LogP) is 0.349. The lowest BCUT2D eigenvalue weighted by Crippen LogP contribution is -2.28. The van der Waals surface area contributed by atoms with Crippen molar-refractivity contribution >= 4 is 10.0 Å². The highest BCUT2D eigenvalue weighted by Gasteiger charge is 2.08. The Morgan fingerprint density at radius 1 is 1.00 bits per heavy atom. The third kappa shape index (κ3) is 14.0. The minimum absolute atomic E-state index is 0.197. The molecule has 0 bridgehead atoms. The van der Waals surface area contributed by atoms with Crippen LogP contribution in [0.5, 0.6) is 0 Å². The van der Waals surface area contributed by atoms with Gasteiger partial charge in [-0.15, -0.1) is 0 Å². The quantitative estimate of drug-likeness (QED) is 0.452. The maximum atomic E-state index is 11.6. The van der Waals surface area contributed by atoms with Crippen molar-refractivity contribution in [3.8, 4) is 0 Å². The summed E-state index contributed by atoms with van der Waals surface area (Å²) in [5.74, 6) is 0.197. The molecule has 0 rings (SSSR count). The Balaban J connectivity index is 3.41. The molecule has 0 aliphatic carbocycles. The van der Waals surface area contributed by atoms with Crippen LogP contribution in [0, 0.1) is 0 Å². The molecule has 0 radical (unpaired) electrons. The van der Waals surface area contributed by atoms with E-state index in [4.69, 9.17) is 9.47 Å². The lowest BCUT2D eigenvalue weighted by atomic mass is 10.3. The van der Waals surface area contributed by atoms with E-state index < -0.39 is 10.0 Å². The monoisotopic (exact) mass is 296 g/mol. The first-order valence-corrected chi connectivity index (χ1v) is 8.52. The van der Waals surface area contributed by atoms with E-state index in [1.807, 2.05) is 6.92 Å². The Morgan fingerprint density at radius 3 is 2.47 bits per heavy atom. The van der Waals surface area contributed by atoms with Crippen molar-refractivity contribution in [1.29, 1.82) is 0 Å². The number of unbranched alkanes of at least 4 members (excludes halogenated alkanes) is 1. The Hall–Kier alpha value is -0.210. The number of nitrogens with one attached hydrogen (secondary N) is 2. The number of hydrogen-bond acceptors (Lipinski definition) is 5. The molecule has 0 aliphatic heterocycles. The third-order valence-corrected chi connectivity index (χ3v) is 3.96. The molecule has 0 aromatic carbocycles. The second-order valence-corrected chi connectivity index (χ2v) is 6.16. The molecule has 2 N–H and O–H groups in total. The van der Waals surface area contributed by atoms with Gasteiger partial charge in [0, 0.05) is 20.3 Å². The van der Waals surface area contributed by atoms with Crippen LogP contribution in [0.4, 0.5) is 0 Å². The summed E-state index contributed by atoms with van der Waals surface area (Å²) in [7, 11) is -1.51. The van der Waals surface area contributed by atoms with Gasteiger partial charge in [-0.25, -0.2) is 13.1 Å². The molecule has 19 heavy (non-hydrogen) atoms. The Bertz CT molecular complexity index is 283. The average Bonchev–Trinajstić information content (AvgIpc) is 2.37. The molecule has 0 unspecified atom stereocenters. The van der Waals surface area contributed by atoms with Crippen LogP contribution in [-0.4, -0.2) is 60.7 Å². The van der Waals surface area contributed by atoms with Crippen LogP contribution in [-0.2, 0) is 19.5 Å². The van der Waals surface area contributed by atoms with Crippen LogP contribution >= 0.6 is 0 Å². The van der Waals surface area contributed by atoms with Gasteiger partial charge in [0.25, 0.3) is 0 Å². The summed E-state index contributed by atoms with van der Waals surface area (Å²) in [6, 6.07) is 0. The number of sulfonamides is 1. The van der Waals surface area contributed by atoms with Gasteiger partial charge in [0.05, 0.1) is 19.0 Å². The number of methoxy groups -OCH3 is 1. The van der Waals surface area contributed by atoms with Crippen molar-refractivity contribution in [2.45, 2.75) is 26.2 Å². The fourth-order valence-electron chi connectivity index (χ4n) is 1.44. The largest absolute Gasteiger partial charge is 0.382 e. The molecule has 0 fully saturated rings. The van der Waals surface area contributed by atoms with E-state index in [1.165, 1.54) is 0 Å². The topological polar surface area (TPSA) is 76.7 Å². The first-order valence-electron chi connectivity index (χ1n) is 6.87. The first-order chi connectivity index (χ1) is 9.12.